The van der Waals surface area contributed by atoms with Gasteiger partial charge < -0.3 is 9.64 Å². The van der Waals surface area contributed by atoms with Crippen LogP contribution < -0.4 is 5.56 Å². The van der Waals surface area contributed by atoms with Gasteiger partial charge in [0, 0.05) is 22.3 Å². The molecule has 0 unspecified atom stereocenters. The Bertz CT molecular complexity index is 1690. The van der Waals surface area contributed by atoms with Gasteiger partial charge >= 0.3 is 6.09 Å². The monoisotopic (exact) mass is 532 g/mol. The van der Waals surface area contributed by atoms with E-state index < -0.39 is 11.7 Å². The Morgan fingerprint density at radius 2 is 1.81 bits per heavy atom. The Morgan fingerprint density at radius 1 is 1.05 bits per heavy atom. The van der Waals surface area contributed by atoms with Gasteiger partial charge in [0.05, 0.1) is 29.0 Å². The number of halogens is 1. The molecule has 3 heterocycles. The first-order valence-corrected chi connectivity index (χ1v) is 12.9. The zero-order valence-corrected chi connectivity index (χ0v) is 22.4. The molecule has 2 aromatic carbocycles. The van der Waals surface area contributed by atoms with Crippen molar-refractivity contribution < 1.29 is 9.53 Å². The molecule has 0 aliphatic rings. The molecule has 7 nitrogen and oxygen atoms in total. The minimum absolute atomic E-state index is 0.127. The van der Waals surface area contributed by atoms with E-state index in [4.69, 9.17) is 16.3 Å². The Balaban J connectivity index is 1.42. The molecule has 3 aromatic heterocycles. The summed E-state index contributed by atoms with van der Waals surface area (Å²) >= 11 is 7.42. The molecular formula is C28H25ClN4O3S. The van der Waals surface area contributed by atoms with E-state index in [9.17, 15) is 9.59 Å². The summed E-state index contributed by atoms with van der Waals surface area (Å²) in [5, 5.41) is 1.54. The van der Waals surface area contributed by atoms with Crippen molar-refractivity contribution in [2.75, 3.05) is 7.05 Å². The number of carbonyl (C=O) groups is 1. The molecule has 37 heavy (non-hydrogen) atoms. The highest BCUT2D eigenvalue weighted by atomic mass is 35.5. The van der Waals surface area contributed by atoms with Gasteiger partial charge in [0.1, 0.15) is 16.6 Å². The van der Waals surface area contributed by atoms with E-state index in [-0.39, 0.29) is 5.56 Å². The van der Waals surface area contributed by atoms with Crippen LogP contribution >= 0.6 is 22.9 Å². The SMILES string of the molecule is CN(Cc1ccc2cc(-n3cnc4cc(-c5ccc(Cl)cc5)sc4c3=O)ccc2n1)C(=O)OC(C)(C)C. The minimum atomic E-state index is -0.560. The third-order valence-corrected chi connectivity index (χ3v) is 7.09. The van der Waals surface area contributed by atoms with Gasteiger partial charge in [-0.15, -0.1) is 11.3 Å². The molecule has 0 saturated carbocycles. The third kappa shape index (κ3) is 5.35. The Kier molecular flexibility index (Phi) is 6.47. The van der Waals surface area contributed by atoms with Crippen LogP contribution in [0.4, 0.5) is 4.79 Å². The second-order valence-electron chi connectivity index (χ2n) is 9.77. The van der Waals surface area contributed by atoms with Crippen molar-refractivity contribution in [2.45, 2.75) is 32.9 Å². The molecule has 0 N–H and O–H groups in total. The fourth-order valence-electron chi connectivity index (χ4n) is 3.89. The first kappa shape index (κ1) is 24.9. The number of aromatic nitrogens is 3. The van der Waals surface area contributed by atoms with Crippen LogP contribution in [0, 0.1) is 0 Å². The zero-order chi connectivity index (χ0) is 26.3. The number of fused-ring (bicyclic) bond motifs is 2. The molecule has 0 atom stereocenters. The van der Waals surface area contributed by atoms with Crippen LogP contribution in [0.5, 0.6) is 0 Å². The quantitative estimate of drug-likeness (QED) is 0.258. The van der Waals surface area contributed by atoms with E-state index in [2.05, 4.69) is 9.97 Å². The Labute approximate surface area is 222 Å². The summed E-state index contributed by atoms with van der Waals surface area (Å²) in [5.74, 6) is 0. The lowest BCUT2D eigenvalue weighted by molar-refractivity contribution is 0.0283. The number of benzene rings is 2. The van der Waals surface area contributed by atoms with Crippen LogP contribution in [0.3, 0.4) is 0 Å². The molecular weight excluding hydrogens is 508 g/mol. The standard InChI is InChI=1S/C28H25ClN4O3S/c1-28(2,3)36-27(35)32(4)15-20-10-7-18-13-21(11-12-22(18)31-20)33-16-30-23-14-24(37-25(23)26(33)34)17-5-8-19(29)9-6-17/h5-14,16H,15H2,1-4H3. The average molecular weight is 533 g/mol. The van der Waals surface area contributed by atoms with Crippen molar-refractivity contribution in [1.29, 1.82) is 0 Å². The fourth-order valence-corrected chi connectivity index (χ4v) is 5.07. The lowest BCUT2D eigenvalue weighted by Gasteiger charge is -2.24. The van der Waals surface area contributed by atoms with Crippen molar-refractivity contribution >= 4 is 50.2 Å². The van der Waals surface area contributed by atoms with Crippen LogP contribution in [0.2, 0.25) is 5.02 Å². The van der Waals surface area contributed by atoms with E-state index in [1.54, 1.807) is 17.9 Å². The minimum Gasteiger partial charge on any atom is -0.444 e. The molecule has 0 aliphatic carbocycles. The van der Waals surface area contributed by atoms with Crippen LogP contribution in [-0.4, -0.2) is 38.2 Å². The van der Waals surface area contributed by atoms with E-state index in [0.717, 1.165) is 27.0 Å². The van der Waals surface area contributed by atoms with Crippen LogP contribution in [-0.2, 0) is 11.3 Å². The average Bonchev–Trinajstić information content (AvgIpc) is 3.29. The highest BCUT2D eigenvalue weighted by Gasteiger charge is 2.20. The van der Waals surface area contributed by atoms with Crippen molar-refractivity contribution in [1.82, 2.24) is 19.4 Å². The molecule has 0 fully saturated rings. The smallest absolute Gasteiger partial charge is 0.410 e. The summed E-state index contributed by atoms with van der Waals surface area (Å²) < 4.78 is 7.55. The van der Waals surface area contributed by atoms with Gasteiger partial charge in [-0.05, 0) is 68.8 Å². The third-order valence-electron chi connectivity index (χ3n) is 5.68. The number of rotatable bonds is 4. The number of thiophene rings is 1. The molecule has 0 radical (unpaired) electrons. The normalized spacial score (nSPS) is 11.7. The summed E-state index contributed by atoms with van der Waals surface area (Å²) in [6.07, 6.45) is 1.15. The summed E-state index contributed by atoms with van der Waals surface area (Å²) in [5.41, 5.74) is 3.17. The Morgan fingerprint density at radius 3 is 2.54 bits per heavy atom. The lowest BCUT2D eigenvalue weighted by Crippen LogP contribution is -2.34. The van der Waals surface area contributed by atoms with Gasteiger partial charge in [0.25, 0.3) is 5.56 Å². The molecule has 0 bridgehead atoms. The molecule has 5 aromatic rings. The first-order chi connectivity index (χ1) is 17.6. The number of nitrogens with zero attached hydrogens (tertiary/aromatic N) is 4. The summed E-state index contributed by atoms with van der Waals surface area (Å²) in [6, 6.07) is 18.9. The maximum Gasteiger partial charge on any atom is 0.410 e. The topological polar surface area (TPSA) is 77.3 Å². The van der Waals surface area contributed by atoms with Gasteiger partial charge in [0.2, 0.25) is 0 Å². The molecule has 188 valence electrons. The maximum absolute atomic E-state index is 13.3. The predicted octanol–water partition coefficient (Wildman–Crippen LogP) is 6.68. The Hall–Kier alpha value is -3.75. The van der Waals surface area contributed by atoms with Crippen molar-refractivity contribution in [2.24, 2.45) is 0 Å². The second kappa shape index (κ2) is 9.61. The molecule has 5 rings (SSSR count). The number of pyridine rings is 1. The molecule has 0 spiro atoms. The highest BCUT2D eigenvalue weighted by Crippen LogP contribution is 2.31. The summed E-state index contributed by atoms with van der Waals surface area (Å²) in [6.45, 7) is 5.82. The highest BCUT2D eigenvalue weighted by molar-refractivity contribution is 7.22. The molecule has 9 heteroatoms. The maximum atomic E-state index is 13.3. The van der Waals surface area contributed by atoms with Crippen LogP contribution in [0.25, 0.3) is 37.2 Å². The van der Waals surface area contributed by atoms with Crippen LogP contribution in [0.15, 0.2) is 71.8 Å². The number of hydrogen-bond donors (Lipinski definition) is 0. The van der Waals surface area contributed by atoms with Crippen molar-refractivity contribution in [3.05, 3.63) is 88.1 Å². The predicted molar refractivity (Wildman–Crippen MR) is 149 cm³/mol. The van der Waals surface area contributed by atoms with Gasteiger partial charge in [-0.1, -0.05) is 29.8 Å². The number of amides is 1. The van der Waals surface area contributed by atoms with Gasteiger partial charge in [-0.25, -0.2) is 9.78 Å². The molecule has 1 amide bonds. The lowest BCUT2D eigenvalue weighted by atomic mass is 10.1. The number of ether oxygens (including phenoxy) is 1. The summed E-state index contributed by atoms with van der Waals surface area (Å²) in [7, 11) is 1.68. The van der Waals surface area contributed by atoms with Crippen molar-refractivity contribution in [3.63, 3.8) is 0 Å². The van der Waals surface area contributed by atoms with Gasteiger partial charge in [0.15, 0.2) is 0 Å². The molecule has 0 aliphatic heterocycles. The molecule has 0 saturated heterocycles. The van der Waals surface area contributed by atoms with Crippen LogP contribution in [0.1, 0.15) is 26.5 Å². The van der Waals surface area contributed by atoms with Crippen molar-refractivity contribution in [3.8, 4) is 16.1 Å². The number of carbonyl (C=O) groups excluding carboxylic acids is 1. The van der Waals surface area contributed by atoms with E-state index in [1.165, 1.54) is 16.2 Å². The van der Waals surface area contributed by atoms with Gasteiger partial charge in [-0.2, -0.15) is 0 Å². The van der Waals surface area contributed by atoms with E-state index in [1.807, 2.05) is 81.4 Å². The largest absolute Gasteiger partial charge is 0.444 e. The van der Waals surface area contributed by atoms with E-state index in [0.29, 0.717) is 27.5 Å². The zero-order valence-electron chi connectivity index (χ0n) is 20.9. The summed E-state index contributed by atoms with van der Waals surface area (Å²) in [4.78, 5) is 37.3. The second-order valence-corrected chi connectivity index (χ2v) is 11.3. The van der Waals surface area contributed by atoms with Gasteiger partial charge in [-0.3, -0.25) is 14.3 Å². The van der Waals surface area contributed by atoms with E-state index >= 15 is 0 Å². The first-order valence-electron chi connectivity index (χ1n) is 11.7. The number of hydrogen-bond acceptors (Lipinski definition) is 6. The fraction of sp³-hybridized carbons (Fsp3) is 0.214.